The van der Waals surface area contributed by atoms with Gasteiger partial charge in [0.05, 0.1) is 6.10 Å². The van der Waals surface area contributed by atoms with E-state index in [0.717, 1.165) is 25.0 Å². The van der Waals surface area contributed by atoms with E-state index in [1.165, 1.54) is 38.6 Å². The molecular formula is C14H28N2O. The molecule has 3 heteroatoms. The van der Waals surface area contributed by atoms with Crippen LogP contribution < -0.4 is 5.73 Å². The molecule has 100 valence electrons. The van der Waals surface area contributed by atoms with Gasteiger partial charge in [0, 0.05) is 19.2 Å². The molecule has 0 aromatic carbocycles. The Balaban J connectivity index is 1.85. The Kier molecular flexibility index (Phi) is 4.83. The maximum Gasteiger partial charge on any atom is 0.0702 e. The average molecular weight is 240 g/mol. The van der Waals surface area contributed by atoms with E-state index in [1.807, 2.05) is 0 Å². The summed E-state index contributed by atoms with van der Waals surface area (Å²) in [7, 11) is 2.26. The quantitative estimate of drug-likeness (QED) is 0.815. The van der Waals surface area contributed by atoms with Gasteiger partial charge in [-0.2, -0.15) is 0 Å². The second-order valence-corrected chi connectivity index (χ2v) is 5.91. The fraction of sp³-hybridized carbons (Fsp3) is 1.00. The SMILES string of the molecule is CC1OCCC1N(C)CC1CCCCC1CN. The summed E-state index contributed by atoms with van der Waals surface area (Å²) in [6.07, 6.45) is 7.08. The van der Waals surface area contributed by atoms with Gasteiger partial charge in [0.25, 0.3) is 0 Å². The smallest absolute Gasteiger partial charge is 0.0702 e. The number of nitrogens with zero attached hydrogens (tertiary/aromatic N) is 1. The van der Waals surface area contributed by atoms with E-state index in [9.17, 15) is 0 Å². The van der Waals surface area contributed by atoms with E-state index >= 15 is 0 Å². The highest BCUT2D eigenvalue weighted by atomic mass is 16.5. The molecule has 1 saturated carbocycles. The minimum absolute atomic E-state index is 0.403. The average Bonchev–Trinajstić information content (AvgIpc) is 2.76. The maximum atomic E-state index is 5.91. The normalized spacial score (nSPS) is 38.8. The zero-order chi connectivity index (χ0) is 12.3. The predicted octanol–water partition coefficient (Wildman–Crippen LogP) is 1.86. The lowest BCUT2D eigenvalue weighted by Gasteiger charge is -2.36. The molecule has 2 fully saturated rings. The summed E-state index contributed by atoms with van der Waals surface area (Å²) < 4.78 is 5.66. The Hall–Kier alpha value is -0.120. The van der Waals surface area contributed by atoms with Crippen molar-refractivity contribution in [2.75, 3.05) is 26.7 Å². The fourth-order valence-corrected chi connectivity index (χ4v) is 3.64. The summed E-state index contributed by atoms with van der Waals surface area (Å²) >= 11 is 0. The monoisotopic (exact) mass is 240 g/mol. The standard InChI is InChI=1S/C14H28N2O/c1-11-14(7-8-17-11)16(2)10-13-6-4-3-5-12(13)9-15/h11-14H,3-10,15H2,1-2H3. The van der Waals surface area contributed by atoms with E-state index in [0.29, 0.717) is 12.1 Å². The largest absolute Gasteiger partial charge is 0.377 e. The Labute approximate surface area is 106 Å². The van der Waals surface area contributed by atoms with Crippen LogP contribution in [0.4, 0.5) is 0 Å². The number of rotatable bonds is 4. The highest BCUT2D eigenvalue weighted by molar-refractivity contribution is 4.84. The van der Waals surface area contributed by atoms with Crippen molar-refractivity contribution in [3.8, 4) is 0 Å². The first-order valence-corrected chi connectivity index (χ1v) is 7.24. The van der Waals surface area contributed by atoms with Crippen molar-refractivity contribution >= 4 is 0 Å². The molecule has 0 amide bonds. The van der Waals surface area contributed by atoms with Crippen molar-refractivity contribution in [1.82, 2.24) is 4.90 Å². The van der Waals surface area contributed by atoms with Gasteiger partial charge in [0.1, 0.15) is 0 Å². The van der Waals surface area contributed by atoms with Crippen LogP contribution in [0.5, 0.6) is 0 Å². The zero-order valence-electron chi connectivity index (χ0n) is 11.4. The minimum atomic E-state index is 0.403. The summed E-state index contributed by atoms with van der Waals surface area (Å²) in [5.41, 5.74) is 5.91. The second-order valence-electron chi connectivity index (χ2n) is 5.91. The second kappa shape index (κ2) is 6.17. The molecule has 17 heavy (non-hydrogen) atoms. The van der Waals surface area contributed by atoms with Gasteiger partial charge in [-0.05, 0) is 51.6 Å². The van der Waals surface area contributed by atoms with E-state index in [2.05, 4.69) is 18.9 Å². The van der Waals surface area contributed by atoms with Crippen LogP contribution in [0.25, 0.3) is 0 Å². The maximum absolute atomic E-state index is 5.91. The Morgan fingerprint density at radius 2 is 1.88 bits per heavy atom. The van der Waals surface area contributed by atoms with Crippen molar-refractivity contribution < 1.29 is 4.74 Å². The van der Waals surface area contributed by atoms with Crippen LogP contribution in [0.15, 0.2) is 0 Å². The van der Waals surface area contributed by atoms with Crippen LogP contribution in [0.2, 0.25) is 0 Å². The van der Waals surface area contributed by atoms with Gasteiger partial charge in [-0.1, -0.05) is 12.8 Å². The van der Waals surface area contributed by atoms with Gasteiger partial charge >= 0.3 is 0 Å². The van der Waals surface area contributed by atoms with Gasteiger partial charge in [-0.25, -0.2) is 0 Å². The molecule has 2 rings (SSSR count). The van der Waals surface area contributed by atoms with Gasteiger partial charge in [-0.3, -0.25) is 0 Å². The molecule has 4 atom stereocenters. The number of hydrogen-bond donors (Lipinski definition) is 1. The molecule has 3 nitrogen and oxygen atoms in total. The fourth-order valence-electron chi connectivity index (χ4n) is 3.64. The molecule has 1 aliphatic heterocycles. The molecule has 0 bridgehead atoms. The predicted molar refractivity (Wildman–Crippen MR) is 71.0 cm³/mol. The van der Waals surface area contributed by atoms with Gasteiger partial charge < -0.3 is 15.4 Å². The lowest BCUT2D eigenvalue weighted by atomic mass is 9.79. The highest BCUT2D eigenvalue weighted by Gasteiger charge is 2.31. The van der Waals surface area contributed by atoms with Crippen LogP contribution in [0.3, 0.4) is 0 Å². The first-order valence-electron chi connectivity index (χ1n) is 7.24. The van der Waals surface area contributed by atoms with Crippen molar-refractivity contribution in [2.24, 2.45) is 17.6 Å². The van der Waals surface area contributed by atoms with Crippen molar-refractivity contribution in [1.29, 1.82) is 0 Å². The summed E-state index contributed by atoms with van der Waals surface area (Å²) in [6, 6.07) is 0.621. The molecule has 2 N–H and O–H groups in total. The van der Waals surface area contributed by atoms with Gasteiger partial charge in [-0.15, -0.1) is 0 Å². The van der Waals surface area contributed by atoms with E-state index < -0.39 is 0 Å². The summed E-state index contributed by atoms with van der Waals surface area (Å²) in [6.45, 7) is 5.21. The molecule has 1 heterocycles. The van der Waals surface area contributed by atoms with Crippen LogP contribution in [-0.4, -0.2) is 43.8 Å². The van der Waals surface area contributed by atoms with Crippen LogP contribution >= 0.6 is 0 Å². The van der Waals surface area contributed by atoms with E-state index in [4.69, 9.17) is 10.5 Å². The van der Waals surface area contributed by atoms with Gasteiger partial charge in [0.15, 0.2) is 0 Å². The summed E-state index contributed by atoms with van der Waals surface area (Å²) in [4.78, 5) is 2.52. The van der Waals surface area contributed by atoms with Crippen LogP contribution in [0.1, 0.15) is 39.0 Å². The first kappa shape index (κ1) is 13.3. The number of hydrogen-bond acceptors (Lipinski definition) is 3. The van der Waals surface area contributed by atoms with Crippen LogP contribution in [0, 0.1) is 11.8 Å². The van der Waals surface area contributed by atoms with E-state index in [1.54, 1.807) is 0 Å². The molecule has 0 aromatic heterocycles. The van der Waals surface area contributed by atoms with Gasteiger partial charge in [0.2, 0.25) is 0 Å². The first-order chi connectivity index (χ1) is 8.22. The molecule has 0 aromatic rings. The van der Waals surface area contributed by atoms with Crippen molar-refractivity contribution in [3.63, 3.8) is 0 Å². The zero-order valence-corrected chi connectivity index (χ0v) is 11.4. The number of ether oxygens (including phenoxy) is 1. The van der Waals surface area contributed by atoms with Crippen LogP contribution in [-0.2, 0) is 4.74 Å². The summed E-state index contributed by atoms with van der Waals surface area (Å²) in [5.74, 6) is 1.57. The molecule has 0 radical (unpaired) electrons. The third kappa shape index (κ3) is 3.21. The van der Waals surface area contributed by atoms with Crippen molar-refractivity contribution in [2.45, 2.75) is 51.2 Å². The Morgan fingerprint density at radius 3 is 2.47 bits per heavy atom. The molecule has 4 unspecified atom stereocenters. The molecule has 1 aliphatic carbocycles. The third-order valence-electron chi connectivity index (χ3n) is 4.79. The molecule has 2 aliphatic rings. The number of nitrogens with two attached hydrogens (primary N) is 1. The highest BCUT2D eigenvalue weighted by Crippen LogP contribution is 2.31. The van der Waals surface area contributed by atoms with E-state index in [-0.39, 0.29) is 0 Å². The lowest BCUT2D eigenvalue weighted by Crippen LogP contribution is -2.42. The Bertz CT molecular complexity index is 234. The topological polar surface area (TPSA) is 38.5 Å². The Morgan fingerprint density at radius 1 is 1.18 bits per heavy atom. The number of likely N-dealkylation sites (N-methyl/N-ethyl adjacent to an activating group) is 1. The molecule has 1 saturated heterocycles. The minimum Gasteiger partial charge on any atom is -0.377 e. The summed E-state index contributed by atoms with van der Waals surface area (Å²) in [5, 5.41) is 0. The third-order valence-corrected chi connectivity index (χ3v) is 4.79. The lowest BCUT2D eigenvalue weighted by molar-refractivity contribution is 0.0686. The molecular weight excluding hydrogens is 212 g/mol. The van der Waals surface area contributed by atoms with Crippen molar-refractivity contribution in [3.05, 3.63) is 0 Å². The molecule has 0 spiro atoms.